The molecule has 2 amide bonds. The van der Waals surface area contributed by atoms with E-state index in [9.17, 15) is 19.5 Å². The maximum Gasteiger partial charge on any atom is 0.327 e. The zero-order valence-corrected chi connectivity index (χ0v) is 16.1. The molecule has 4 N–H and O–H groups in total. The number of carbonyl (C=O) groups is 3. The minimum absolute atomic E-state index is 0.295. The van der Waals surface area contributed by atoms with Gasteiger partial charge in [-0.25, -0.2) is 9.78 Å². The predicted octanol–water partition coefficient (Wildman–Crippen LogP) is 1.12. The molecule has 0 spiro atoms. The lowest BCUT2D eigenvalue weighted by atomic mass is 10.0. The number of thiazole rings is 1. The molecular weight excluding hydrogens is 400 g/mol. The van der Waals surface area contributed by atoms with Gasteiger partial charge in [0.25, 0.3) is 5.91 Å². The SMILES string of the molecule is Nc1nc(/C(=C/c2ccccc2)C(=O)NC2C(=O)N3C(C(=O)O)CS[C@@H]23)cs1. The number of hydrogen-bond acceptors (Lipinski definition) is 7. The molecule has 0 saturated carbocycles. The van der Waals surface area contributed by atoms with Crippen LogP contribution in [0.25, 0.3) is 11.6 Å². The molecule has 28 heavy (non-hydrogen) atoms. The van der Waals surface area contributed by atoms with E-state index in [1.165, 1.54) is 28.0 Å². The number of fused-ring (bicyclic) bond motifs is 1. The molecule has 2 saturated heterocycles. The fourth-order valence-corrected chi connectivity index (χ4v) is 5.22. The molecule has 144 valence electrons. The van der Waals surface area contributed by atoms with E-state index in [0.29, 0.717) is 22.2 Å². The third-order valence-corrected chi connectivity index (χ3v) is 6.59. The molecule has 4 rings (SSSR count). The molecule has 10 heteroatoms. The molecule has 0 radical (unpaired) electrons. The first-order valence-corrected chi connectivity index (χ1v) is 10.3. The van der Waals surface area contributed by atoms with E-state index in [-0.39, 0.29) is 11.3 Å². The molecule has 8 nitrogen and oxygen atoms in total. The zero-order valence-electron chi connectivity index (χ0n) is 14.4. The highest BCUT2D eigenvalue weighted by molar-refractivity contribution is 8.00. The van der Waals surface area contributed by atoms with Gasteiger partial charge in [-0.05, 0) is 11.6 Å². The van der Waals surface area contributed by atoms with Crippen molar-refractivity contribution in [1.29, 1.82) is 0 Å². The Labute approximate surface area is 168 Å². The van der Waals surface area contributed by atoms with E-state index in [4.69, 9.17) is 5.73 Å². The number of carboxylic acids is 1. The van der Waals surface area contributed by atoms with Gasteiger partial charge < -0.3 is 21.1 Å². The number of nitrogen functional groups attached to an aromatic ring is 1. The number of benzene rings is 1. The minimum atomic E-state index is -1.03. The van der Waals surface area contributed by atoms with E-state index >= 15 is 0 Å². The first kappa shape index (κ1) is 18.5. The normalized spacial score (nSPS) is 23.9. The molecule has 3 atom stereocenters. The van der Waals surface area contributed by atoms with Gasteiger partial charge in [0.15, 0.2) is 5.13 Å². The Morgan fingerprint density at radius 2 is 2.07 bits per heavy atom. The summed E-state index contributed by atoms with van der Waals surface area (Å²) in [4.78, 5) is 42.1. The summed E-state index contributed by atoms with van der Waals surface area (Å²) in [5.74, 6) is -1.55. The second-order valence-corrected chi connectivity index (χ2v) is 8.35. The Bertz CT molecular complexity index is 975. The molecule has 0 bridgehead atoms. The van der Waals surface area contributed by atoms with E-state index in [1.807, 2.05) is 30.3 Å². The number of nitrogens with zero attached hydrogens (tertiary/aromatic N) is 2. The third-order valence-electron chi connectivity index (χ3n) is 4.57. The van der Waals surface area contributed by atoms with Gasteiger partial charge in [-0.15, -0.1) is 23.1 Å². The van der Waals surface area contributed by atoms with Gasteiger partial charge in [-0.3, -0.25) is 9.59 Å². The maximum atomic E-state index is 13.0. The van der Waals surface area contributed by atoms with E-state index in [1.54, 1.807) is 11.5 Å². The summed E-state index contributed by atoms with van der Waals surface area (Å²) in [6.07, 6.45) is 1.69. The first-order valence-electron chi connectivity index (χ1n) is 8.41. The highest BCUT2D eigenvalue weighted by Gasteiger charge is 2.57. The van der Waals surface area contributed by atoms with Gasteiger partial charge in [0, 0.05) is 11.1 Å². The number of amides is 2. The molecule has 1 aromatic carbocycles. The molecule has 2 unspecified atom stereocenters. The standard InChI is InChI=1S/C18H16N4O4S2/c19-18-20-11(7-28-18)10(6-9-4-2-1-3-5-9)14(23)21-13-15(24)22-12(17(25)26)8-27-16(13)22/h1-7,12-13,16H,8H2,(H2,19,20)(H,21,23)(H,25,26)/b10-6-/t12?,13?,16-/m0/s1. The van der Waals surface area contributed by atoms with Gasteiger partial charge in [0.1, 0.15) is 17.5 Å². The number of hydrogen-bond donors (Lipinski definition) is 3. The molecule has 0 aliphatic carbocycles. The molecular formula is C18H16N4O4S2. The number of carbonyl (C=O) groups excluding carboxylic acids is 2. The Morgan fingerprint density at radius 1 is 1.32 bits per heavy atom. The lowest BCUT2D eigenvalue weighted by molar-refractivity contribution is -0.158. The van der Waals surface area contributed by atoms with Crippen LogP contribution in [0.15, 0.2) is 35.7 Å². The lowest BCUT2D eigenvalue weighted by Gasteiger charge is -2.43. The number of thioether (sulfide) groups is 1. The van der Waals surface area contributed by atoms with Crippen LogP contribution in [-0.2, 0) is 14.4 Å². The van der Waals surface area contributed by atoms with Crippen LogP contribution in [0.4, 0.5) is 5.13 Å². The maximum absolute atomic E-state index is 13.0. The average molecular weight is 416 g/mol. The smallest absolute Gasteiger partial charge is 0.327 e. The molecule has 1 aromatic heterocycles. The van der Waals surface area contributed by atoms with Crippen LogP contribution in [0.5, 0.6) is 0 Å². The van der Waals surface area contributed by atoms with Crippen molar-refractivity contribution in [1.82, 2.24) is 15.2 Å². The number of aromatic nitrogens is 1. The molecule has 2 aliphatic heterocycles. The Balaban J connectivity index is 1.57. The van der Waals surface area contributed by atoms with Gasteiger partial charge in [0.05, 0.1) is 11.3 Å². The molecule has 2 fully saturated rings. The number of nitrogens with two attached hydrogens (primary N) is 1. The Morgan fingerprint density at radius 3 is 2.71 bits per heavy atom. The van der Waals surface area contributed by atoms with Crippen molar-refractivity contribution >= 4 is 57.7 Å². The van der Waals surface area contributed by atoms with Crippen molar-refractivity contribution in [2.24, 2.45) is 0 Å². The van der Waals surface area contributed by atoms with E-state index < -0.39 is 24.0 Å². The number of aliphatic carboxylic acids is 1. The fourth-order valence-electron chi connectivity index (χ4n) is 3.19. The van der Waals surface area contributed by atoms with Crippen LogP contribution in [0, 0.1) is 0 Å². The summed E-state index contributed by atoms with van der Waals surface area (Å²) in [5.41, 5.74) is 7.24. The first-order chi connectivity index (χ1) is 13.5. The van der Waals surface area contributed by atoms with Crippen LogP contribution < -0.4 is 11.1 Å². The second kappa shape index (κ2) is 7.28. The van der Waals surface area contributed by atoms with E-state index in [0.717, 1.165) is 5.56 Å². The summed E-state index contributed by atoms with van der Waals surface area (Å²) in [6, 6.07) is 7.68. The third kappa shape index (κ3) is 3.25. The zero-order chi connectivity index (χ0) is 19.8. The van der Waals surface area contributed by atoms with Crippen molar-refractivity contribution in [3.8, 4) is 0 Å². The number of nitrogens with one attached hydrogen (secondary N) is 1. The van der Waals surface area contributed by atoms with Gasteiger partial charge >= 0.3 is 5.97 Å². The summed E-state index contributed by atoms with van der Waals surface area (Å²) < 4.78 is 0. The molecule has 2 aromatic rings. The number of carboxylic acid groups (broad SMARTS) is 1. The highest BCUT2D eigenvalue weighted by atomic mass is 32.2. The average Bonchev–Trinajstić information content (AvgIpc) is 3.29. The van der Waals surface area contributed by atoms with Crippen LogP contribution >= 0.6 is 23.1 Å². The van der Waals surface area contributed by atoms with Crippen LogP contribution in [0.3, 0.4) is 0 Å². The van der Waals surface area contributed by atoms with Gasteiger partial charge in [-0.1, -0.05) is 30.3 Å². The lowest BCUT2D eigenvalue weighted by Crippen LogP contribution is -2.70. The monoisotopic (exact) mass is 416 g/mol. The summed E-state index contributed by atoms with van der Waals surface area (Å²) >= 11 is 2.57. The predicted molar refractivity (Wildman–Crippen MR) is 107 cm³/mol. The van der Waals surface area contributed by atoms with Crippen molar-refractivity contribution < 1.29 is 19.5 Å². The summed E-state index contributed by atoms with van der Waals surface area (Å²) in [6.45, 7) is 0. The fraction of sp³-hybridized carbons (Fsp3) is 0.222. The van der Waals surface area contributed by atoms with Crippen LogP contribution in [0.1, 0.15) is 11.3 Å². The number of β-lactam (4-membered cyclic amide) rings is 1. The molecule has 2 aliphatic rings. The second-order valence-electron chi connectivity index (χ2n) is 6.31. The summed E-state index contributed by atoms with van der Waals surface area (Å²) in [7, 11) is 0. The van der Waals surface area contributed by atoms with Crippen molar-refractivity contribution in [3.05, 3.63) is 47.0 Å². The number of rotatable bonds is 5. The number of anilines is 1. The Hall–Kier alpha value is -2.85. The van der Waals surface area contributed by atoms with Gasteiger partial charge in [-0.2, -0.15) is 0 Å². The van der Waals surface area contributed by atoms with Crippen LogP contribution in [0.2, 0.25) is 0 Å². The van der Waals surface area contributed by atoms with Crippen molar-refractivity contribution in [2.75, 3.05) is 11.5 Å². The topological polar surface area (TPSA) is 126 Å². The largest absolute Gasteiger partial charge is 0.480 e. The van der Waals surface area contributed by atoms with Crippen molar-refractivity contribution in [3.63, 3.8) is 0 Å². The molecule has 3 heterocycles. The van der Waals surface area contributed by atoms with E-state index in [2.05, 4.69) is 10.3 Å². The van der Waals surface area contributed by atoms with Gasteiger partial charge in [0.2, 0.25) is 5.91 Å². The Kier molecular flexibility index (Phi) is 4.82. The summed E-state index contributed by atoms with van der Waals surface area (Å²) in [5, 5.41) is 13.6. The van der Waals surface area contributed by atoms with Crippen molar-refractivity contribution in [2.45, 2.75) is 17.5 Å². The quantitative estimate of drug-likeness (QED) is 0.492. The van der Waals surface area contributed by atoms with Crippen LogP contribution in [-0.4, -0.2) is 56.0 Å². The highest BCUT2D eigenvalue weighted by Crippen LogP contribution is 2.40. The minimum Gasteiger partial charge on any atom is -0.480 e.